The number of aromatic nitrogens is 3. The van der Waals surface area contributed by atoms with E-state index in [4.69, 9.17) is 13.6 Å². The number of benzene rings is 12. The zero-order chi connectivity index (χ0) is 51.2. The van der Waals surface area contributed by atoms with Gasteiger partial charge in [-0.25, -0.2) is 0 Å². The average Bonchev–Trinajstić information content (AvgIpc) is 4.12. The summed E-state index contributed by atoms with van der Waals surface area (Å²) in [5, 5.41) is 11.2. The molecule has 5 aromatic heterocycles. The lowest BCUT2D eigenvalue weighted by Crippen LogP contribution is -2.58. The van der Waals surface area contributed by atoms with Gasteiger partial charge in [0, 0.05) is 60.2 Å². The van der Waals surface area contributed by atoms with Gasteiger partial charge in [0.05, 0.1) is 43.9 Å². The van der Waals surface area contributed by atoms with Crippen LogP contribution in [0.4, 0.5) is 0 Å². The fourth-order valence-corrected chi connectivity index (χ4v) is 14.1. The Kier molecular flexibility index (Phi) is 7.99. The van der Waals surface area contributed by atoms with Crippen LogP contribution in [-0.2, 0) is 0 Å². The van der Waals surface area contributed by atoms with Crippen LogP contribution in [0.25, 0.3) is 149 Å². The molecule has 2 aliphatic rings. The van der Waals surface area contributed by atoms with Crippen molar-refractivity contribution in [3.8, 4) is 50.8 Å². The predicted octanol–water partition coefficient (Wildman–Crippen LogP) is 17.0. The molecule has 2 aliphatic heterocycles. The van der Waals surface area contributed by atoms with Crippen molar-refractivity contribution in [2.45, 2.75) is 0 Å². The molecule has 0 fully saturated rings. The van der Waals surface area contributed by atoms with E-state index in [9.17, 15) is 0 Å². The van der Waals surface area contributed by atoms with Gasteiger partial charge in [-0.15, -0.1) is 0 Å². The molecule has 19 rings (SSSR count). The third-order valence-corrected chi connectivity index (χ3v) is 17.5. The maximum absolute atomic E-state index is 7.36. The average molecular weight is 1010 g/mol. The van der Waals surface area contributed by atoms with E-state index in [1.54, 1.807) is 0 Å². The molecule has 7 heteroatoms. The fraction of sp³-hybridized carbons (Fsp3) is 0. The Labute approximate surface area is 450 Å². The Balaban J connectivity index is 0.946. The Morgan fingerprint density at radius 2 is 0.823 bits per heavy atom. The molecule has 79 heavy (non-hydrogen) atoms. The number of fused-ring (bicyclic) bond motifs is 21. The molecule has 0 bridgehead atoms. The first-order chi connectivity index (χ1) is 39.2. The minimum absolute atomic E-state index is 0.169. The van der Waals surface area contributed by atoms with Gasteiger partial charge in [0.2, 0.25) is 0 Å². The number of nitrogens with zero attached hydrogens (tertiary/aromatic N) is 3. The number of para-hydroxylation sites is 4. The highest BCUT2D eigenvalue weighted by atomic mass is 16.5. The molecule has 0 saturated heterocycles. The van der Waals surface area contributed by atoms with E-state index < -0.39 is 0 Å². The Hall–Kier alpha value is -10.5. The highest BCUT2D eigenvalue weighted by Crippen LogP contribution is 2.48. The first-order valence-corrected chi connectivity index (χ1v) is 27.1. The van der Waals surface area contributed by atoms with Crippen molar-refractivity contribution in [2.75, 3.05) is 0 Å². The van der Waals surface area contributed by atoms with Crippen LogP contribution in [0.15, 0.2) is 251 Å². The predicted molar refractivity (Wildman–Crippen MR) is 326 cm³/mol. The molecule has 0 unspecified atom stereocenters. The maximum Gasteiger partial charge on any atom is 0.256 e. The highest BCUT2D eigenvalue weighted by Gasteiger charge is 2.42. The molecule has 364 valence electrons. The molecule has 0 aliphatic carbocycles. The van der Waals surface area contributed by atoms with Crippen LogP contribution in [0.3, 0.4) is 0 Å². The van der Waals surface area contributed by atoms with E-state index in [1.807, 2.05) is 0 Å². The van der Waals surface area contributed by atoms with Crippen LogP contribution in [0.1, 0.15) is 0 Å². The zero-order valence-corrected chi connectivity index (χ0v) is 42.2. The second-order valence-corrected chi connectivity index (χ2v) is 21.5. The zero-order valence-electron chi connectivity index (χ0n) is 42.2. The number of furan rings is 2. The molecule has 6 nitrogen and oxygen atoms in total. The molecule has 17 aromatic rings. The summed E-state index contributed by atoms with van der Waals surface area (Å²) >= 11 is 0. The monoisotopic (exact) mass is 1010 g/mol. The van der Waals surface area contributed by atoms with Gasteiger partial charge < -0.3 is 27.3 Å². The summed E-state index contributed by atoms with van der Waals surface area (Å²) in [6.07, 6.45) is 0. The maximum atomic E-state index is 7.36. The second kappa shape index (κ2) is 15.1. The summed E-state index contributed by atoms with van der Waals surface area (Å²) in [5.74, 6) is 1.71. The molecular weight excluding hydrogens is 966 g/mol. The van der Waals surface area contributed by atoms with Crippen molar-refractivity contribution >= 4 is 132 Å². The van der Waals surface area contributed by atoms with Gasteiger partial charge in [-0.3, -0.25) is 0 Å². The summed E-state index contributed by atoms with van der Waals surface area (Å²) in [5.41, 5.74) is 21.3. The van der Waals surface area contributed by atoms with Gasteiger partial charge in [0.15, 0.2) is 0 Å². The standard InChI is InChI=1S/C72H40BN3O3/c1-3-15-41(16-4-1)43-27-31-55-65(36-43)77-66-37-44(42-17-5-2-6-18-42)35-62-69(66)73(55)56-40-54-53-39-46(75-59-25-13-9-21-49(59)50-22-10-14-26-60(50)75)29-34-64(53)79-72(54)68-67-61(76(62)70(56)68)32-30-51-52-38-45(28-33-63(52)78-71(51)67)74-57-23-11-7-19-47(57)48-20-8-12-24-58(48)74/h1-40H. The SMILES string of the molecule is c1ccc(-c2ccc3c(c2)Oc2cc(-c4ccccc4)cc4c2B3c2cc3c5cc(-n6c7ccccc7c7ccccc76)ccc5oc3c3c5c6oc7ccc(-n8c9ccccc9c9ccccc98)cc7c6ccc5n-4c23)cc1. The van der Waals surface area contributed by atoms with E-state index in [0.717, 1.165) is 138 Å². The summed E-state index contributed by atoms with van der Waals surface area (Å²) in [4.78, 5) is 0. The van der Waals surface area contributed by atoms with Crippen molar-refractivity contribution in [3.05, 3.63) is 243 Å². The van der Waals surface area contributed by atoms with Crippen LogP contribution in [-0.4, -0.2) is 20.4 Å². The number of ether oxygens (including phenoxy) is 1. The van der Waals surface area contributed by atoms with Crippen LogP contribution in [0.5, 0.6) is 11.5 Å². The van der Waals surface area contributed by atoms with E-state index in [-0.39, 0.29) is 6.71 Å². The lowest BCUT2D eigenvalue weighted by Gasteiger charge is -2.34. The summed E-state index contributed by atoms with van der Waals surface area (Å²) in [6.45, 7) is -0.169. The van der Waals surface area contributed by atoms with Gasteiger partial charge in [0.25, 0.3) is 6.71 Å². The normalized spacial score (nSPS) is 12.9. The van der Waals surface area contributed by atoms with Crippen molar-refractivity contribution in [2.24, 2.45) is 0 Å². The second-order valence-electron chi connectivity index (χ2n) is 21.5. The van der Waals surface area contributed by atoms with Crippen molar-refractivity contribution < 1.29 is 13.6 Å². The number of rotatable bonds is 4. The third kappa shape index (κ3) is 5.50. The van der Waals surface area contributed by atoms with E-state index in [2.05, 4.69) is 256 Å². The minimum atomic E-state index is -0.169. The van der Waals surface area contributed by atoms with Crippen molar-refractivity contribution in [1.82, 2.24) is 13.7 Å². The summed E-state index contributed by atoms with van der Waals surface area (Å²) < 4.78 is 29.2. The van der Waals surface area contributed by atoms with Crippen molar-refractivity contribution in [1.29, 1.82) is 0 Å². The van der Waals surface area contributed by atoms with Gasteiger partial charge in [-0.05, 0) is 130 Å². The molecule has 7 heterocycles. The van der Waals surface area contributed by atoms with E-state index in [0.29, 0.717) is 0 Å². The molecule has 0 spiro atoms. The first kappa shape index (κ1) is 41.7. The Morgan fingerprint density at radius 1 is 0.304 bits per heavy atom. The van der Waals surface area contributed by atoms with Gasteiger partial charge in [-0.2, -0.15) is 0 Å². The summed E-state index contributed by atoms with van der Waals surface area (Å²) in [7, 11) is 0. The van der Waals surface area contributed by atoms with Crippen LogP contribution in [0, 0.1) is 0 Å². The number of hydrogen-bond donors (Lipinski definition) is 0. The highest BCUT2D eigenvalue weighted by molar-refractivity contribution is 6.99. The topological polar surface area (TPSA) is 50.3 Å². The minimum Gasteiger partial charge on any atom is -0.458 e. The third-order valence-electron chi connectivity index (χ3n) is 17.5. The van der Waals surface area contributed by atoms with Gasteiger partial charge in [0.1, 0.15) is 33.8 Å². The summed E-state index contributed by atoms with van der Waals surface area (Å²) in [6, 6.07) is 87.9. The smallest absolute Gasteiger partial charge is 0.256 e. The molecule has 0 amide bonds. The molecule has 0 N–H and O–H groups in total. The largest absolute Gasteiger partial charge is 0.458 e. The van der Waals surface area contributed by atoms with Crippen molar-refractivity contribution in [3.63, 3.8) is 0 Å². The number of hydrogen-bond acceptors (Lipinski definition) is 3. The quantitative estimate of drug-likeness (QED) is 0.165. The molecule has 0 radical (unpaired) electrons. The Bertz CT molecular complexity index is 5440. The molecule has 0 saturated carbocycles. The van der Waals surface area contributed by atoms with Gasteiger partial charge >= 0.3 is 0 Å². The van der Waals surface area contributed by atoms with Crippen LogP contribution in [0.2, 0.25) is 0 Å². The lowest BCUT2D eigenvalue weighted by molar-refractivity contribution is 0.487. The molecular formula is C72H40BN3O3. The Morgan fingerprint density at radius 3 is 1.42 bits per heavy atom. The first-order valence-electron chi connectivity index (χ1n) is 27.1. The van der Waals surface area contributed by atoms with E-state index in [1.165, 1.54) is 38.0 Å². The lowest BCUT2D eigenvalue weighted by atomic mass is 9.34. The molecule has 12 aromatic carbocycles. The van der Waals surface area contributed by atoms with Crippen LogP contribution < -0.4 is 21.1 Å². The fourth-order valence-electron chi connectivity index (χ4n) is 14.1. The van der Waals surface area contributed by atoms with E-state index >= 15 is 0 Å². The molecule has 0 atom stereocenters. The van der Waals surface area contributed by atoms with Gasteiger partial charge in [-0.1, -0.05) is 152 Å². The van der Waals surface area contributed by atoms with Crippen LogP contribution >= 0.6 is 0 Å².